The lowest BCUT2D eigenvalue weighted by Crippen LogP contribution is -2.12. The van der Waals surface area contributed by atoms with Gasteiger partial charge in [0.15, 0.2) is 0 Å². The van der Waals surface area contributed by atoms with Gasteiger partial charge in [-0.2, -0.15) is 0 Å². The molecule has 2 heterocycles. The van der Waals surface area contributed by atoms with Crippen molar-refractivity contribution in [3.05, 3.63) is 0 Å². The molecule has 0 saturated carbocycles. The summed E-state index contributed by atoms with van der Waals surface area (Å²) in [5, 5.41) is 0. The summed E-state index contributed by atoms with van der Waals surface area (Å²) in [4.78, 5) is 42.6. The van der Waals surface area contributed by atoms with E-state index in [9.17, 15) is 19.2 Å². The molecular formula is C15H22O6. The summed E-state index contributed by atoms with van der Waals surface area (Å²) >= 11 is 0. The molecule has 0 aliphatic carbocycles. The van der Waals surface area contributed by atoms with E-state index >= 15 is 0 Å². The Morgan fingerprint density at radius 2 is 0.667 bits per heavy atom. The van der Waals surface area contributed by atoms with Crippen molar-refractivity contribution in [3.8, 4) is 0 Å². The van der Waals surface area contributed by atoms with Gasteiger partial charge in [0.05, 0.1) is 0 Å². The zero-order chi connectivity index (χ0) is 15.5. The summed E-state index contributed by atoms with van der Waals surface area (Å²) in [5.74, 6) is -1.47. The first kappa shape index (κ1) is 17.3. The summed E-state index contributed by atoms with van der Waals surface area (Å²) in [5.41, 5.74) is 0. The fourth-order valence-corrected chi connectivity index (χ4v) is 2.07. The highest BCUT2D eigenvalue weighted by Crippen LogP contribution is 2.11. The van der Waals surface area contributed by atoms with Gasteiger partial charge < -0.3 is 9.47 Å². The predicted molar refractivity (Wildman–Crippen MR) is 73.0 cm³/mol. The van der Waals surface area contributed by atoms with Gasteiger partial charge in [0, 0.05) is 25.7 Å². The molecule has 2 saturated heterocycles. The van der Waals surface area contributed by atoms with E-state index in [4.69, 9.17) is 0 Å². The molecule has 0 spiro atoms. The SMILES string of the molecule is O=C1CCCCC(=O)O1.O=C1CCCCCCCC(=O)O1. The normalized spacial score (nSPS) is 21.3. The van der Waals surface area contributed by atoms with E-state index in [1.165, 1.54) is 0 Å². The van der Waals surface area contributed by atoms with E-state index in [-0.39, 0.29) is 23.9 Å². The van der Waals surface area contributed by atoms with Gasteiger partial charge in [-0.3, -0.25) is 19.2 Å². The maximum absolute atomic E-state index is 10.9. The largest absolute Gasteiger partial charge is 0.393 e. The third-order valence-electron chi connectivity index (χ3n) is 3.23. The minimum absolute atomic E-state index is 0.359. The Labute approximate surface area is 124 Å². The van der Waals surface area contributed by atoms with E-state index in [0.717, 1.165) is 44.9 Å². The van der Waals surface area contributed by atoms with Crippen LogP contribution in [-0.2, 0) is 28.7 Å². The van der Waals surface area contributed by atoms with Gasteiger partial charge in [-0.1, -0.05) is 19.3 Å². The van der Waals surface area contributed by atoms with Crippen molar-refractivity contribution in [3.63, 3.8) is 0 Å². The maximum Gasteiger partial charge on any atom is 0.313 e. The van der Waals surface area contributed by atoms with Crippen LogP contribution in [0.3, 0.4) is 0 Å². The second-order valence-electron chi connectivity index (χ2n) is 5.17. The van der Waals surface area contributed by atoms with Gasteiger partial charge in [0.2, 0.25) is 0 Å². The molecule has 21 heavy (non-hydrogen) atoms. The molecule has 0 aromatic heterocycles. The van der Waals surface area contributed by atoms with Gasteiger partial charge in [0.25, 0.3) is 0 Å². The molecule has 2 rings (SSSR count). The van der Waals surface area contributed by atoms with Gasteiger partial charge in [-0.05, 0) is 25.7 Å². The molecule has 118 valence electrons. The molecule has 2 fully saturated rings. The van der Waals surface area contributed by atoms with Gasteiger partial charge >= 0.3 is 23.9 Å². The first-order chi connectivity index (χ1) is 10.1. The van der Waals surface area contributed by atoms with Gasteiger partial charge in [-0.15, -0.1) is 0 Å². The lowest BCUT2D eigenvalue weighted by atomic mass is 10.1. The Balaban J connectivity index is 0.000000219. The zero-order valence-corrected chi connectivity index (χ0v) is 12.2. The first-order valence-electron chi connectivity index (χ1n) is 7.55. The molecule has 0 aromatic rings. The Bertz CT molecular complexity index is 354. The molecule has 0 atom stereocenters. The van der Waals surface area contributed by atoms with Gasteiger partial charge in [-0.25, -0.2) is 0 Å². The minimum atomic E-state index is -0.377. The van der Waals surface area contributed by atoms with Crippen LogP contribution < -0.4 is 0 Å². The number of ether oxygens (including phenoxy) is 2. The van der Waals surface area contributed by atoms with E-state index in [1.54, 1.807) is 0 Å². The standard InChI is InChI=1S/C9H14O3.C6H8O3/c10-8-6-4-2-1-3-5-7-9(11)12-8;7-5-3-1-2-4-6(8)9-5/h1-7H2;1-4H2. The second-order valence-corrected chi connectivity index (χ2v) is 5.17. The summed E-state index contributed by atoms with van der Waals surface area (Å²) in [6.45, 7) is 0. The summed E-state index contributed by atoms with van der Waals surface area (Å²) in [7, 11) is 0. The predicted octanol–water partition coefficient (Wildman–Crippen LogP) is 2.43. The van der Waals surface area contributed by atoms with Crippen LogP contribution in [0.2, 0.25) is 0 Å². The Kier molecular flexibility index (Phi) is 8.31. The molecule has 6 heteroatoms. The van der Waals surface area contributed by atoms with Crippen LogP contribution in [0.4, 0.5) is 0 Å². The molecule has 0 amide bonds. The molecule has 0 radical (unpaired) electrons. The fraction of sp³-hybridized carbons (Fsp3) is 0.733. The minimum Gasteiger partial charge on any atom is -0.393 e. The molecule has 2 aliphatic heterocycles. The summed E-state index contributed by atoms with van der Waals surface area (Å²) < 4.78 is 8.88. The average Bonchev–Trinajstić information content (AvgIpc) is 2.61. The summed E-state index contributed by atoms with van der Waals surface area (Å²) in [6.07, 6.45) is 8.12. The average molecular weight is 298 g/mol. The fourth-order valence-electron chi connectivity index (χ4n) is 2.07. The Morgan fingerprint density at radius 1 is 0.429 bits per heavy atom. The topological polar surface area (TPSA) is 86.7 Å². The molecule has 0 N–H and O–H groups in total. The number of cyclic esters (lactones) is 4. The number of esters is 4. The van der Waals surface area contributed by atoms with Gasteiger partial charge in [0.1, 0.15) is 0 Å². The Morgan fingerprint density at radius 3 is 1.00 bits per heavy atom. The van der Waals surface area contributed by atoms with Crippen LogP contribution >= 0.6 is 0 Å². The molecular weight excluding hydrogens is 276 g/mol. The van der Waals surface area contributed by atoms with E-state index in [2.05, 4.69) is 9.47 Å². The van der Waals surface area contributed by atoms with Crippen LogP contribution in [0.25, 0.3) is 0 Å². The van der Waals surface area contributed by atoms with Crippen LogP contribution in [0.15, 0.2) is 0 Å². The number of rotatable bonds is 0. The van der Waals surface area contributed by atoms with Crippen LogP contribution in [-0.4, -0.2) is 23.9 Å². The van der Waals surface area contributed by atoms with Crippen LogP contribution in [0.1, 0.15) is 70.6 Å². The smallest absolute Gasteiger partial charge is 0.313 e. The quantitative estimate of drug-likeness (QED) is 0.504. The highest BCUT2D eigenvalue weighted by molar-refractivity contribution is 5.86. The molecule has 6 nitrogen and oxygen atoms in total. The lowest BCUT2D eigenvalue weighted by Gasteiger charge is -2.06. The highest BCUT2D eigenvalue weighted by Gasteiger charge is 2.14. The third-order valence-corrected chi connectivity index (χ3v) is 3.23. The summed E-state index contributed by atoms with van der Waals surface area (Å²) in [6, 6.07) is 0. The van der Waals surface area contributed by atoms with E-state index < -0.39 is 0 Å². The third kappa shape index (κ3) is 8.94. The lowest BCUT2D eigenvalue weighted by molar-refractivity contribution is -0.161. The zero-order valence-electron chi connectivity index (χ0n) is 12.2. The number of hydrogen-bond acceptors (Lipinski definition) is 6. The molecule has 0 bridgehead atoms. The van der Waals surface area contributed by atoms with Crippen LogP contribution in [0, 0.1) is 0 Å². The van der Waals surface area contributed by atoms with Crippen molar-refractivity contribution < 1.29 is 28.7 Å². The van der Waals surface area contributed by atoms with Crippen molar-refractivity contribution in [2.75, 3.05) is 0 Å². The number of hydrogen-bond donors (Lipinski definition) is 0. The van der Waals surface area contributed by atoms with Crippen molar-refractivity contribution in [1.29, 1.82) is 0 Å². The number of carbonyl (C=O) groups is 4. The first-order valence-corrected chi connectivity index (χ1v) is 7.55. The second kappa shape index (κ2) is 10.1. The molecule has 2 aliphatic rings. The maximum atomic E-state index is 10.9. The molecule has 0 aromatic carbocycles. The van der Waals surface area contributed by atoms with Crippen LogP contribution in [0.5, 0.6) is 0 Å². The van der Waals surface area contributed by atoms with E-state index in [1.807, 2.05) is 0 Å². The van der Waals surface area contributed by atoms with Crippen molar-refractivity contribution in [2.45, 2.75) is 70.6 Å². The highest BCUT2D eigenvalue weighted by atomic mass is 16.6. The Hall–Kier alpha value is -1.72. The van der Waals surface area contributed by atoms with E-state index in [0.29, 0.717) is 25.7 Å². The van der Waals surface area contributed by atoms with Crippen molar-refractivity contribution in [1.82, 2.24) is 0 Å². The van der Waals surface area contributed by atoms with Crippen molar-refractivity contribution in [2.24, 2.45) is 0 Å². The number of carbonyl (C=O) groups excluding carboxylic acids is 4. The molecule has 0 unspecified atom stereocenters. The monoisotopic (exact) mass is 298 g/mol. The van der Waals surface area contributed by atoms with Crippen molar-refractivity contribution >= 4 is 23.9 Å².